The first-order chi connectivity index (χ1) is 8.54. The molecule has 0 heterocycles. The predicted molar refractivity (Wildman–Crippen MR) is 63.9 cm³/mol. The average molecular weight is 282 g/mol. The van der Waals surface area contributed by atoms with Crippen LogP contribution in [0.2, 0.25) is 0 Å². The number of esters is 2. The topological polar surface area (TPSA) is 88.1 Å². The van der Waals surface area contributed by atoms with Gasteiger partial charge in [0.2, 0.25) is 0 Å². The lowest BCUT2D eigenvalue weighted by molar-refractivity contribution is -0.155. The third-order valence-electron chi connectivity index (χ3n) is 1.97. The molecular weight excluding hydrogens is 263 g/mol. The zero-order valence-corrected chi connectivity index (χ0v) is 11.8. The molecule has 0 aromatic carbocycles. The van der Waals surface area contributed by atoms with Crippen molar-refractivity contribution < 1.29 is 32.9 Å². The van der Waals surface area contributed by atoms with Crippen LogP contribution in [0.5, 0.6) is 0 Å². The molecule has 0 radical (unpaired) electrons. The fourth-order valence-corrected chi connectivity index (χ4v) is 1.98. The summed E-state index contributed by atoms with van der Waals surface area (Å²) in [6.45, 7) is 2.60. The third-order valence-corrected chi connectivity index (χ3v) is 3.13. The maximum atomic E-state index is 11.5. The van der Waals surface area contributed by atoms with Crippen LogP contribution in [0.15, 0.2) is 0 Å². The van der Waals surface area contributed by atoms with Gasteiger partial charge in [0, 0.05) is 12.8 Å². The minimum Gasteiger partial charge on any atom is -0.469 e. The van der Waals surface area contributed by atoms with Crippen molar-refractivity contribution in [2.45, 2.75) is 19.4 Å². The van der Waals surface area contributed by atoms with Crippen molar-refractivity contribution in [3.8, 4) is 0 Å². The van der Waals surface area contributed by atoms with E-state index in [0.29, 0.717) is 6.61 Å². The van der Waals surface area contributed by atoms with Gasteiger partial charge in [-0.25, -0.2) is 4.79 Å². The van der Waals surface area contributed by atoms with Crippen molar-refractivity contribution in [2.75, 3.05) is 33.6 Å². The molecule has 2 unspecified atom stereocenters. The van der Waals surface area contributed by atoms with Gasteiger partial charge in [0.15, 0.2) is 14.1 Å². The van der Waals surface area contributed by atoms with Crippen LogP contribution >= 0.6 is 8.03 Å². The van der Waals surface area contributed by atoms with Gasteiger partial charge < -0.3 is 18.7 Å². The smallest absolute Gasteiger partial charge is 0.336 e. The SMILES string of the molecule is CCOCC[PH](=O)OC(CC(=O)OC)C(=O)OC. The van der Waals surface area contributed by atoms with Gasteiger partial charge in [-0.3, -0.25) is 9.36 Å². The Bertz CT molecular complexity index is 292. The Balaban J connectivity index is 4.26. The van der Waals surface area contributed by atoms with Crippen LogP contribution in [0, 0.1) is 0 Å². The van der Waals surface area contributed by atoms with E-state index in [2.05, 4.69) is 9.47 Å². The fourth-order valence-electron chi connectivity index (χ4n) is 1.06. The van der Waals surface area contributed by atoms with E-state index in [9.17, 15) is 14.2 Å². The summed E-state index contributed by atoms with van der Waals surface area (Å²) >= 11 is 0. The van der Waals surface area contributed by atoms with E-state index in [4.69, 9.17) is 9.26 Å². The van der Waals surface area contributed by atoms with Gasteiger partial charge in [0.1, 0.15) is 0 Å². The van der Waals surface area contributed by atoms with Crippen molar-refractivity contribution in [3.63, 3.8) is 0 Å². The van der Waals surface area contributed by atoms with E-state index in [-0.39, 0.29) is 19.2 Å². The molecule has 0 aromatic rings. The second-order valence-corrected chi connectivity index (χ2v) is 4.71. The fraction of sp³-hybridized carbons (Fsp3) is 0.800. The molecule has 0 amide bonds. The van der Waals surface area contributed by atoms with Gasteiger partial charge in [-0.05, 0) is 6.92 Å². The Labute approximate surface area is 107 Å². The highest BCUT2D eigenvalue weighted by atomic mass is 31.1. The Morgan fingerprint density at radius 1 is 1.22 bits per heavy atom. The molecule has 0 rings (SSSR count). The van der Waals surface area contributed by atoms with Crippen molar-refractivity contribution in [2.24, 2.45) is 0 Å². The summed E-state index contributed by atoms with van der Waals surface area (Å²) in [7, 11) is -0.103. The van der Waals surface area contributed by atoms with E-state index in [1.807, 2.05) is 6.92 Å². The second kappa shape index (κ2) is 10.1. The maximum Gasteiger partial charge on any atom is 0.336 e. The quantitative estimate of drug-likeness (QED) is 0.348. The molecule has 0 saturated heterocycles. The van der Waals surface area contributed by atoms with Gasteiger partial charge in [0.25, 0.3) is 0 Å². The summed E-state index contributed by atoms with van der Waals surface area (Å²) in [5.41, 5.74) is 0. The van der Waals surface area contributed by atoms with Crippen LogP contribution in [-0.2, 0) is 32.9 Å². The van der Waals surface area contributed by atoms with E-state index >= 15 is 0 Å². The summed E-state index contributed by atoms with van der Waals surface area (Å²) in [5.74, 6) is -1.39. The molecule has 0 aliphatic rings. The molecule has 7 nitrogen and oxygen atoms in total. The molecular formula is C10H19O7P. The minimum atomic E-state index is -2.45. The predicted octanol–water partition coefficient (Wildman–Crippen LogP) is 0.619. The largest absolute Gasteiger partial charge is 0.469 e. The van der Waals surface area contributed by atoms with Gasteiger partial charge in [-0.15, -0.1) is 0 Å². The Morgan fingerprint density at radius 3 is 2.39 bits per heavy atom. The normalized spacial score (nSPS) is 13.7. The zero-order chi connectivity index (χ0) is 14.0. The maximum absolute atomic E-state index is 11.5. The lowest BCUT2D eigenvalue weighted by Gasteiger charge is -2.14. The molecule has 0 aliphatic heterocycles. The first kappa shape index (κ1) is 17.1. The van der Waals surface area contributed by atoms with Crippen LogP contribution in [0.3, 0.4) is 0 Å². The van der Waals surface area contributed by atoms with Crippen LogP contribution in [0.1, 0.15) is 13.3 Å². The van der Waals surface area contributed by atoms with Crippen molar-refractivity contribution in [1.29, 1.82) is 0 Å². The summed E-state index contributed by atoms with van der Waals surface area (Å²) in [4.78, 5) is 22.4. The molecule has 2 atom stereocenters. The molecule has 0 fully saturated rings. The first-order valence-electron chi connectivity index (χ1n) is 5.47. The molecule has 18 heavy (non-hydrogen) atoms. The number of hydrogen-bond acceptors (Lipinski definition) is 7. The van der Waals surface area contributed by atoms with E-state index in [0.717, 1.165) is 7.11 Å². The van der Waals surface area contributed by atoms with Gasteiger partial charge in [-0.2, -0.15) is 0 Å². The third kappa shape index (κ3) is 7.42. The van der Waals surface area contributed by atoms with Crippen molar-refractivity contribution in [1.82, 2.24) is 0 Å². The van der Waals surface area contributed by atoms with Crippen LogP contribution in [0.25, 0.3) is 0 Å². The van der Waals surface area contributed by atoms with Crippen LogP contribution < -0.4 is 0 Å². The summed E-state index contributed by atoms with van der Waals surface area (Å²) in [6.07, 6.45) is -1.34. The first-order valence-corrected chi connectivity index (χ1v) is 6.99. The highest BCUT2D eigenvalue weighted by Crippen LogP contribution is 2.26. The number of hydrogen-bond donors (Lipinski definition) is 0. The second-order valence-electron chi connectivity index (χ2n) is 3.23. The number of carbonyl (C=O) groups excluding carboxylic acids is 2. The van der Waals surface area contributed by atoms with Gasteiger partial charge in [0.05, 0.1) is 27.2 Å². The summed E-state index contributed by atoms with van der Waals surface area (Å²) in [6, 6.07) is 0. The molecule has 0 aliphatic carbocycles. The number of ether oxygens (including phenoxy) is 3. The summed E-state index contributed by atoms with van der Waals surface area (Å²) < 4.78 is 30.4. The Morgan fingerprint density at radius 2 is 1.89 bits per heavy atom. The highest BCUT2D eigenvalue weighted by molar-refractivity contribution is 7.39. The number of methoxy groups -OCH3 is 2. The molecule has 8 heteroatoms. The number of rotatable bonds is 9. The van der Waals surface area contributed by atoms with Crippen molar-refractivity contribution >= 4 is 20.0 Å². The van der Waals surface area contributed by atoms with Gasteiger partial charge in [-0.1, -0.05) is 0 Å². The molecule has 0 spiro atoms. The zero-order valence-electron chi connectivity index (χ0n) is 10.8. The molecule has 106 valence electrons. The van der Waals surface area contributed by atoms with E-state index in [1.165, 1.54) is 7.11 Å². The minimum absolute atomic E-state index is 0.188. The van der Waals surface area contributed by atoms with Crippen molar-refractivity contribution in [3.05, 3.63) is 0 Å². The standard InChI is InChI=1S/C10H19O7P/c1-4-16-5-6-18(13)17-8(10(12)15-3)7-9(11)14-2/h8,18H,4-7H2,1-3H3. The molecule has 0 bridgehead atoms. The van der Waals surface area contributed by atoms with Crippen LogP contribution in [0.4, 0.5) is 0 Å². The van der Waals surface area contributed by atoms with E-state index < -0.39 is 26.1 Å². The number of carbonyl (C=O) groups is 2. The molecule has 0 saturated carbocycles. The molecule has 0 N–H and O–H groups in total. The Kier molecular flexibility index (Phi) is 9.55. The monoisotopic (exact) mass is 282 g/mol. The lowest BCUT2D eigenvalue weighted by atomic mass is 10.2. The Hall–Kier alpha value is -0.910. The summed E-state index contributed by atoms with van der Waals surface area (Å²) in [5, 5.41) is 0. The van der Waals surface area contributed by atoms with Crippen LogP contribution in [-0.4, -0.2) is 51.6 Å². The lowest BCUT2D eigenvalue weighted by Crippen LogP contribution is -2.27. The average Bonchev–Trinajstić information content (AvgIpc) is 2.37. The van der Waals surface area contributed by atoms with E-state index in [1.54, 1.807) is 0 Å². The molecule has 0 aromatic heterocycles. The highest BCUT2D eigenvalue weighted by Gasteiger charge is 2.26. The van der Waals surface area contributed by atoms with Gasteiger partial charge >= 0.3 is 11.9 Å².